The zero-order valence-corrected chi connectivity index (χ0v) is 51.7. The van der Waals surface area contributed by atoms with Crippen molar-refractivity contribution in [1.29, 1.82) is 0 Å². The monoisotopic (exact) mass is 1110 g/mol. The standard InChI is InChI=1S/C75H116O6/c1-4-7-10-13-16-19-22-25-27-29-31-33-35-36-37-38-40-41-43-45-47-50-53-56-59-62-65-68-74(77)80-71-72(70-79-73(76)67-64-61-58-55-52-49-24-21-18-15-12-9-6-3)81-75(78)69-66-63-60-57-54-51-48-46-44-42-39-34-32-30-28-26-23-20-17-14-11-8-5-2/h7-12,16-21,25-28,31-34,36-37,40-42,44,48-49,51-52,72H,4-6,13-15,22-24,29-30,35,38-39,43,45-47,50,53-71H2,1-3H3/b10-7-,11-8-,12-9-,19-16-,20-17-,21-18-,27-25-,28-26-,33-31-,34-32-,37-36-,41-40-,44-42-,51-48-,52-49-. The van der Waals surface area contributed by atoms with Gasteiger partial charge in [0.15, 0.2) is 6.10 Å². The number of allylic oxidation sites excluding steroid dienone is 30. The molecule has 0 saturated heterocycles. The van der Waals surface area contributed by atoms with Crippen molar-refractivity contribution < 1.29 is 28.6 Å². The predicted octanol–water partition coefficient (Wildman–Crippen LogP) is 22.4. The van der Waals surface area contributed by atoms with Gasteiger partial charge in [-0.05, 0) is 154 Å². The fourth-order valence-corrected chi connectivity index (χ4v) is 8.17. The number of carbonyl (C=O) groups is 3. The van der Waals surface area contributed by atoms with E-state index in [9.17, 15) is 14.4 Å². The van der Waals surface area contributed by atoms with Crippen molar-refractivity contribution in [2.45, 2.75) is 258 Å². The Morgan fingerprint density at radius 3 is 0.704 bits per heavy atom. The van der Waals surface area contributed by atoms with Gasteiger partial charge in [-0.15, -0.1) is 0 Å². The third-order valence-electron chi connectivity index (χ3n) is 12.9. The topological polar surface area (TPSA) is 78.9 Å². The number of esters is 3. The van der Waals surface area contributed by atoms with E-state index in [4.69, 9.17) is 14.2 Å². The van der Waals surface area contributed by atoms with Crippen LogP contribution in [0.1, 0.15) is 252 Å². The SMILES string of the molecule is CC/C=C\C/C=C\C/C=C\C/C=C\C/C=C\C/C=C\CCCCCCCCCCC(=O)OCC(COC(=O)CCCCC/C=C\C/C=C\C/C=C\CC)OC(=O)CCCCCC/C=C\C/C=C\C/C=C\C/C=C\C/C=C\C/C=C\CC. The summed E-state index contributed by atoms with van der Waals surface area (Å²) in [6.45, 7) is 6.23. The van der Waals surface area contributed by atoms with Crippen LogP contribution in [-0.4, -0.2) is 37.2 Å². The first-order chi connectivity index (χ1) is 40.0. The smallest absolute Gasteiger partial charge is 0.306 e. The molecule has 0 aromatic heterocycles. The number of hydrogen-bond donors (Lipinski definition) is 0. The van der Waals surface area contributed by atoms with E-state index >= 15 is 0 Å². The average molecular weight is 1110 g/mol. The Balaban J connectivity index is 4.45. The second-order valence-corrected chi connectivity index (χ2v) is 20.5. The summed E-state index contributed by atoms with van der Waals surface area (Å²) in [7, 11) is 0. The third-order valence-corrected chi connectivity index (χ3v) is 12.9. The maximum absolute atomic E-state index is 12.9. The molecule has 6 nitrogen and oxygen atoms in total. The summed E-state index contributed by atoms with van der Waals surface area (Å²) in [6.07, 6.45) is 100. The highest BCUT2D eigenvalue weighted by Crippen LogP contribution is 2.14. The lowest BCUT2D eigenvalue weighted by atomic mass is 10.1. The molecule has 0 saturated carbocycles. The highest BCUT2D eigenvalue weighted by atomic mass is 16.6. The summed E-state index contributed by atoms with van der Waals surface area (Å²) in [6, 6.07) is 0. The normalized spacial score (nSPS) is 13.4. The Labute approximate surface area is 497 Å². The van der Waals surface area contributed by atoms with Gasteiger partial charge in [0, 0.05) is 19.3 Å². The van der Waals surface area contributed by atoms with Crippen LogP contribution in [0.2, 0.25) is 0 Å². The van der Waals surface area contributed by atoms with Crippen molar-refractivity contribution in [2.24, 2.45) is 0 Å². The van der Waals surface area contributed by atoms with E-state index in [1.807, 2.05) is 0 Å². The molecule has 6 heteroatoms. The lowest BCUT2D eigenvalue weighted by Crippen LogP contribution is -2.30. The van der Waals surface area contributed by atoms with Crippen molar-refractivity contribution >= 4 is 17.9 Å². The first kappa shape index (κ1) is 75.5. The average Bonchev–Trinajstić information content (AvgIpc) is 3.46. The van der Waals surface area contributed by atoms with Gasteiger partial charge in [-0.25, -0.2) is 0 Å². The van der Waals surface area contributed by atoms with Gasteiger partial charge in [0.1, 0.15) is 13.2 Å². The summed E-state index contributed by atoms with van der Waals surface area (Å²) >= 11 is 0. The van der Waals surface area contributed by atoms with E-state index in [1.54, 1.807) is 0 Å². The van der Waals surface area contributed by atoms with Crippen LogP contribution in [0.5, 0.6) is 0 Å². The van der Waals surface area contributed by atoms with Crippen LogP contribution < -0.4 is 0 Å². The predicted molar refractivity (Wildman–Crippen MR) is 352 cm³/mol. The molecule has 0 aromatic carbocycles. The van der Waals surface area contributed by atoms with E-state index in [0.29, 0.717) is 12.8 Å². The highest BCUT2D eigenvalue weighted by Gasteiger charge is 2.19. The first-order valence-corrected chi connectivity index (χ1v) is 32.3. The van der Waals surface area contributed by atoms with Crippen LogP contribution in [0.3, 0.4) is 0 Å². The maximum atomic E-state index is 12.9. The van der Waals surface area contributed by atoms with Crippen LogP contribution in [-0.2, 0) is 28.6 Å². The minimum Gasteiger partial charge on any atom is -0.462 e. The second-order valence-electron chi connectivity index (χ2n) is 20.5. The Morgan fingerprint density at radius 2 is 0.444 bits per heavy atom. The second kappa shape index (κ2) is 67.0. The fraction of sp³-hybridized carbons (Fsp3) is 0.560. The molecular weight excluding hydrogens is 997 g/mol. The van der Waals surface area contributed by atoms with Crippen molar-refractivity contribution in [3.63, 3.8) is 0 Å². The van der Waals surface area contributed by atoms with Gasteiger partial charge in [0.2, 0.25) is 0 Å². The number of hydrogen-bond acceptors (Lipinski definition) is 6. The number of carbonyl (C=O) groups excluding carboxylic acids is 3. The summed E-state index contributed by atoms with van der Waals surface area (Å²) in [5.41, 5.74) is 0. The Bertz CT molecular complexity index is 1900. The summed E-state index contributed by atoms with van der Waals surface area (Å²) in [4.78, 5) is 38.3. The molecule has 0 aliphatic rings. The zero-order valence-electron chi connectivity index (χ0n) is 51.7. The van der Waals surface area contributed by atoms with E-state index in [-0.39, 0.29) is 37.5 Å². The molecular formula is C75H116O6. The van der Waals surface area contributed by atoms with Gasteiger partial charge in [0.05, 0.1) is 0 Å². The summed E-state index contributed by atoms with van der Waals surface area (Å²) < 4.78 is 16.9. The van der Waals surface area contributed by atoms with E-state index < -0.39 is 6.10 Å². The molecule has 452 valence electrons. The van der Waals surface area contributed by atoms with Gasteiger partial charge in [0.25, 0.3) is 0 Å². The molecule has 81 heavy (non-hydrogen) atoms. The van der Waals surface area contributed by atoms with Gasteiger partial charge >= 0.3 is 17.9 Å². The minimum absolute atomic E-state index is 0.112. The van der Waals surface area contributed by atoms with Crippen molar-refractivity contribution in [3.05, 3.63) is 182 Å². The van der Waals surface area contributed by atoms with Crippen LogP contribution in [0, 0.1) is 0 Å². The van der Waals surface area contributed by atoms with Crippen molar-refractivity contribution in [2.75, 3.05) is 13.2 Å². The van der Waals surface area contributed by atoms with Crippen LogP contribution in [0.4, 0.5) is 0 Å². The van der Waals surface area contributed by atoms with E-state index in [2.05, 4.69) is 203 Å². The van der Waals surface area contributed by atoms with Crippen LogP contribution in [0.25, 0.3) is 0 Å². The highest BCUT2D eigenvalue weighted by molar-refractivity contribution is 5.71. The Hall–Kier alpha value is -5.49. The molecule has 0 fully saturated rings. The molecule has 0 aliphatic heterocycles. The maximum Gasteiger partial charge on any atom is 0.306 e. The van der Waals surface area contributed by atoms with Crippen molar-refractivity contribution in [1.82, 2.24) is 0 Å². The molecule has 0 aromatic rings. The summed E-state index contributed by atoms with van der Waals surface area (Å²) in [5, 5.41) is 0. The van der Waals surface area contributed by atoms with E-state index in [1.165, 1.54) is 32.1 Å². The molecule has 0 N–H and O–H groups in total. The molecule has 0 amide bonds. The van der Waals surface area contributed by atoms with E-state index in [0.717, 1.165) is 180 Å². The van der Waals surface area contributed by atoms with Crippen molar-refractivity contribution in [3.8, 4) is 0 Å². The van der Waals surface area contributed by atoms with Gasteiger partial charge in [-0.3, -0.25) is 14.4 Å². The lowest BCUT2D eigenvalue weighted by Gasteiger charge is -2.18. The zero-order chi connectivity index (χ0) is 58.5. The largest absolute Gasteiger partial charge is 0.462 e. The fourth-order valence-electron chi connectivity index (χ4n) is 8.17. The number of rotatable bonds is 56. The summed E-state index contributed by atoms with van der Waals surface area (Å²) in [5.74, 6) is -0.982. The number of unbranched alkanes of at least 4 members (excludes halogenated alkanes) is 15. The van der Waals surface area contributed by atoms with Crippen LogP contribution in [0.15, 0.2) is 182 Å². The quantitative estimate of drug-likeness (QED) is 0.0261. The van der Waals surface area contributed by atoms with Gasteiger partial charge in [-0.1, -0.05) is 261 Å². The molecule has 0 radical (unpaired) electrons. The Morgan fingerprint density at radius 1 is 0.247 bits per heavy atom. The first-order valence-electron chi connectivity index (χ1n) is 32.3. The molecule has 0 bridgehead atoms. The third kappa shape index (κ3) is 65.2. The molecule has 0 rings (SSSR count). The Kier molecular flexibility index (Phi) is 62.5. The minimum atomic E-state index is -0.820. The van der Waals surface area contributed by atoms with Crippen LogP contribution >= 0.6 is 0 Å². The molecule has 1 atom stereocenters. The van der Waals surface area contributed by atoms with Gasteiger partial charge in [-0.2, -0.15) is 0 Å². The molecule has 0 spiro atoms. The molecule has 0 heterocycles. The lowest BCUT2D eigenvalue weighted by molar-refractivity contribution is -0.167. The van der Waals surface area contributed by atoms with Gasteiger partial charge < -0.3 is 14.2 Å². The molecule has 1 unspecified atom stereocenters. The number of ether oxygens (including phenoxy) is 3. The molecule has 0 aliphatic carbocycles.